The summed E-state index contributed by atoms with van der Waals surface area (Å²) in [6.07, 6.45) is 1.97. The van der Waals surface area contributed by atoms with Crippen LogP contribution in [0, 0.1) is 6.92 Å². The zero-order chi connectivity index (χ0) is 23.2. The molecule has 4 rings (SSSR count). The van der Waals surface area contributed by atoms with Gasteiger partial charge in [0, 0.05) is 24.2 Å². The molecular formula is C26H23N3O4. The summed E-state index contributed by atoms with van der Waals surface area (Å²) in [7, 11) is 0. The quantitative estimate of drug-likeness (QED) is 0.445. The SMILES string of the molecule is Cc1ccc2nc(COC(=O)C(Cc3ccccc3)NC(=O)c3ccccc3)cc(=O)n2c1. The number of nitrogens with one attached hydrogen (secondary N) is 1. The second-order valence-corrected chi connectivity index (χ2v) is 7.71. The Morgan fingerprint density at radius 2 is 1.70 bits per heavy atom. The van der Waals surface area contributed by atoms with Gasteiger partial charge in [0.2, 0.25) is 0 Å². The van der Waals surface area contributed by atoms with Crippen molar-refractivity contribution < 1.29 is 14.3 Å². The number of hydrogen-bond acceptors (Lipinski definition) is 5. The van der Waals surface area contributed by atoms with Crippen LogP contribution in [0.5, 0.6) is 0 Å². The lowest BCUT2D eigenvalue weighted by Crippen LogP contribution is -2.43. The number of carbonyl (C=O) groups excluding carboxylic acids is 2. The van der Waals surface area contributed by atoms with E-state index in [2.05, 4.69) is 10.3 Å². The molecule has 0 bridgehead atoms. The molecular weight excluding hydrogens is 418 g/mol. The van der Waals surface area contributed by atoms with Crippen molar-refractivity contribution in [2.75, 3.05) is 0 Å². The number of nitrogens with zero attached hydrogens (tertiary/aromatic N) is 2. The van der Waals surface area contributed by atoms with Crippen molar-refractivity contribution in [1.82, 2.24) is 14.7 Å². The van der Waals surface area contributed by atoms with Crippen LogP contribution in [0.3, 0.4) is 0 Å². The molecule has 0 spiro atoms. The number of aryl methyl sites for hydroxylation is 1. The number of pyridine rings is 1. The van der Waals surface area contributed by atoms with Gasteiger partial charge in [0.25, 0.3) is 11.5 Å². The van der Waals surface area contributed by atoms with Gasteiger partial charge in [0.15, 0.2) is 0 Å². The number of amides is 1. The van der Waals surface area contributed by atoms with E-state index in [1.54, 1.807) is 36.5 Å². The number of fused-ring (bicyclic) bond motifs is 1. The Bertz CT molecular complexity index is 1330. The Balaban J connectivity index is 1.51. The Kier molecular flexibility index (Phi) is 6.59. The lowest BCUT2D eigenvalue weighted by molar-refractivity contribution is -0.147. The predicted molar refractivity (Wildman–Crippen MR) is 124 cm³/mol. The molecule has 0 aliphatic rings. The van der Waals surface area contributed by atoms with Crippen LogP contribution < -0.4 is 10.9 Å². The summed E-state index contributed by atoms with van der Waals surface area (Å²) < 4.78 is 6.91. The normalized spacial score (nSPS) is 11.7. The van der Waals surface area contributed by atoms with Gasteiger partial charge in [0.05, 0.1) is 5.69 Å². The molecule has 2 heterocycles. The van der Waals surface area contributed by atoms with E-state index in [9.17, 15) is 14.4 Å². The van der Waals surface area contributed by atoms with E-state index in [1.807, 2.05) is 49.4 Å². The van der Waals surface area contributed by atoms with Crippen molar-refractivity contribution in [3.63, 3.8) is 0 Å². The molecule has 1 atom stereocenters. The monoisotopic (exact) mass is 441 g/mol. The highest BCUT2D eigenvalue weighted by atomic mass is 16.5. The van der Waals surface area contributed by atoms with Gasteiger partial charge in [-0.25, -0.2) is 9.78 Å². The number of ether oxygens (including phenoxy) is 1. The molecule has 0 radical (unpaired) electrons. The highest BCUT2D eigenvalue weighted by molar-refractivity contribution is 5.96. The molecule has 0 aliphatic heterocycles. The first kappa shape index (κ1) is 22.0. The van der Waals surface area contributed by atoms with E-state index in [0.717, 1.165) is 11.1 Å². The minimum absolute atomic E-state index is 0.176. The van der Waals surface area contributed by atoms with Gasteiger partial charge in [-0.05, 0) is 36.2 Å². The van der Waals surface area contributed by atoms with Crippen LogP contribution in [-0.2, 0) is 22.6 Å². The number of hydrogen-bond donors (Lipinski definition) is 1. The molecule has 7 heteroatoms. The number of esters is 1. The maximum Gasteiger partial charge on any atom is 0.329 e. The highest BCUT2D eigenvalue weighted by Gasteiger charge is 2.24. The first-order chi connectivity index (χ1) is 16.0. The van der Waals surface area contributed by atoms with E-state index >= 15 is 0 Å². The van der Waals surface area contributed by atoms with Gasteiger partial charge in [-0.3, -0.25) is 14.0 Å². The minimum atomic E-state index is -0.899. The number of carbonyl (C=O) groups is 2. The van der Waals surface area contributed by atoms with Crippen LogP contribution in [0.2, 0.25) is 0 Å². The van der Waals surface area contributed by atoms with Crippen LogP contribution in [-0.4, -0.2) is 27.3 Å². The molecule has 33 heavy (non-hydrogen) atoms. The molecule has 0 aliphatic carbocycles. The van der Waals surface area contributed by atoms with Crippen molar-refractivity contribution in [3.05, 3.63) is 118 Å². The Hall–Kier alpha value is -4.26. The third kappa shape index (κ3) is 5.51. The molecule has 7 nitrogen and oxygen atoms in total. The summed E-state index contributed by atoms with van der Waals surface area (Å²) in [4.78, 5) is 42.4. The van der Waals surface area contributed by atoms with Crippen molar-refractivity contribution >= 4 is 17.5 Å². The average Bonchev–Trinajstić information content (AvgIpc) is 2.83. The first-order valence-corrected chi connectivity index (χ1v) is 10.5. The smallest absolute Gasteiger partial charge is 0.329 e. The molecule has 1 N–H and O–H groups in total. The fourth-order valence-electron chi connectivity index (χ4n) is 3.45. The van der Waals surface area contributed by atoms with Gasteiger partial charge < -0.3 is 10.1 Å². The third-order valence-corrected chi connectivity index (χ3v) is 5.13. The van der Waals surface area contributed by atoms with Gasteiger partial charge in [-0.2, -0.15) is 0 Å². The second-order valence-electron chi connectivity index (χ2n) is 7.71. The Morgan fingerprint density at radius 1 is 1.00 bits per heavy atom. The van der Waals surface area contributed by atoms with E-state index < -0.39 is 12.0 Å². The zero-order valence-corrected chi connectivity index (χ0v) is 18.1. The van der Waals surface area contributed by atoms with Crippen LogP contribution in [0.4, 0.5) is 0 Å². The summed E-state index contributed by atoms with van der Waals surface area (Å²) >= 11 is 0. The molecule has 0 fully saturated rings. The largest absolute Gasteiger partial charge is 0.458 e. The van der Waals surface area contributed by atoms with E-state index in [0.29, 0.717) is 16.9 Å². The third-order valence-electron chi connectivity index (χ3n) is 5.13. The molecule has 1 amide bonds. The highest BCUT2D eigenvalue weighted by Crippen LogP contribution is 2.09. The summed E-state index contributed by atoms with van der Waals surface area (Å²) in [6.45, 7) is 1.71. The van der Waals surface area contributed by atoms with E-state index in [-0.39, 0.29) is 24.5 Å². The molecule has 2 aromatic carbocycles. The lowest BCUT2D eigenvalue weighted by Gasteiger charge is -2.18. The van der Waals surface area contributed by atoms with Crippen LogP contribution in [0.1, 0.15) is 27.2 Å². The van der Waals surface area contributed by atoms with Crippen molar-refractivity contribution in [3.8, 4) is 0 Å². The summed E-state index contributed by atoms with van der Waals surface area (Å²) in [5.74, 6) is -0.972. The van der Waals surface area contributed by atoms with E-state index in [4.69, 9.17) is 4.74 Å². The predicted octanol–water partition coefficient (Wildman–Crippen LogP) is 3.09. The molecule has 0 saturated carbocycles. The van der Waals surface area contributed by atoms with Crippen LogP contribution >= 0.6 is 0 Å². The lowest BCUT2D eigenvalue weighted by atomic mass is 10.1. The van der Waals surface area contributed by atoms with Crippen molar-refractivity contribution in [2.24, 2.45) is 0 Å². The summed E-state index contributed by atoms with van der Waals surface area (Å²) in [5, 5.41) is 2.77. The fraction of sp³-hybridized carbons (Fsp3) is 0.154. The van der Waals surface area contributed by atoms with Gasteiger partial charge >= 0.3 is 5.97 Å². The minimum Gasteiger partial charge on any atom is -0.458 e. The van der Waals surface area contributed by atoms with Crippen LogP contribution in [0.25, 0.3) is 5.65 Å². The molecule has 166 valence electrons. The molecule has 0 saturated heterocycles. The molecule has 2 aromatic heterocycles. The number of rotatable bonds is 7. The topological polar surface area (TPSA) is 89.8 Å². The van der Waals surface area contributed by atoms with Gasteiger partial charge in [-0.15, -0.1) is 0 Å². The first-order valence-electron chi connectivity index (χ1n) is 10.5. The maximum atomic E-state index is 12.9. The zero-order valence-electron chi connectivity index (χ0n) is 18.1. The van der Waals surface area contributed by atoms with Gasteiger partial charge in [-0.1, -0.05) is 54.6 Å². The molecule has 1 unspecified atom stereocenters. The number of benzene rings is 2. The average molecular weight is 441 g/mol. The Morgan fingerprint density at radius 3 is 2.42 bits per heavy atom. The molecule has 4 aromatic rings. The summed E-state index contributed by atoms with van der Waals surface area (Å²) in [6, 6.07) is 22.1. The second kappa shape index (κ2) is 9.91. The standard InChI is InChI=1S/C26H23N3O4/c1-18-12-13-23-27-21(15-24(30)29(23)16-18)17-33-26(32)22(14-19-8-4-2-5-9-19)28-25(31)20-10-6-3-7-11-20/h2-13,15-16,22H,14,17H2,1H3,(H,28,31). The van der Waals surface area contributed by atoms with Crippen LogP contribution in [0.15, 0.2) is 89.9 Å². The Labute approximate surface area is 190 Å². The van der Waals surface area contributed by atoms with E-state index in [1.165, 1.54) is 10.5 Å². The maximum absolute atomic E-state index is 12.9. The fourth-order valence-corrected chi connectivity index (χ4v) is 3.45. The van der Waals surface area contributed by atoms with Crippen molar-refractivity contribution in [2.45, 2.75) is 26.0 Å². The number of aromatic nitrogens is 2. The summed E-state index contributed by atoms with van der Waals surface area (Å²) in [5.41, 5.74) is 2.81. The van der Waals surface area contributed by atoms with Gasteiger partial charge in [0.1, 0.15) is 18.3 Å². The van der Waals surface area contributed by atoms with Crippen molar-refractivity contribution in [1.29, 1.82) is 0 Å².